The molecule has 1 atom stereocenters. The highest BCUT2D eigenvalue weighted by Gasteiger charge is 2.16. The van der Waals surface area contributed by atoms with Crippen LogP contribution >= 0.6 is 0 Å². The predicted octanol–water partition coefficient (Wildman–Crippen LogP) is 3.66. The molecule has 1 unspecified atom stereocenters. The lowest BCUT2D eigenvalue weighted by Gasteiger charge is -2.30. The largest absolute Gasteiger partial charge is 0.362 e. The Kier molecular flexibility index (Phi) is 6.38. The first-order valence-electron chi connectivity index (χ1n) is 6.60. The first-order valence-corrected chi connectivity index (χ1v) is 6.60. The lowest BCUT2D eigenvalue weighted by Crippen LogP contribution is -2.37. The van der Waals surface area contributed by atoms with E-state index in [1.54, 1.807) is 0 Å². The van der Waals surface area contributed by atoms with Gasteiger partial charge in [0.25, 0.3) is 0 Å². The van der Waals surface area contributed by atoms with E-state index in [2.05, 4.69) is 30.9 Å². The van der Waals surface area contributed by atoms with E-state index in [1.807, 2.05) is 18.2 Å². The van der Waals surface area contributed by atoms with Crippen LogP contribution in [0.2, 0.25) is 0 Å². The van der Waals surface area contributed by atoms with E-state index in [0.29, 0.717) is 0 Å². The van der Waals surface area contributed by atoms with Crippen molar-refractivity contribution in [3.8, 4) is 0 Å². The van der Waals surface area contributed by atoms with Crippen LogP contribution in [0.3, 0.4) is 0 Å². The smallest absolute Gasteiger partial charge is 0.142 e. The second-order valence-electron chi connectivity index (χ2n) is 4.37. The molecule has 0 aliphatic carbocycles. The maximum atomic E-state index is 11.2. The summed E-state index contributed by atoms with van der Waals surface area (Å²) in [7, 11) is 0. The van der Waals surface area contributed by atoms with E-state index in [1.165, 1.54) is 0 Å². The first kappa shape index (κ1) is 13.8. The number of benzene rings is 1. The Hall–Kier alpha value is -1.31. The van der Waals surface area contributed by atoms with Crippen molar-refractivity contribution < 1.29 is 4.79 Å². The number of para-hydroxylation sites is 1. The standard InChI is InChI=1S/C15H23NO/c1-3-5-12-16(15(13-17)9-4-2)14-10-7-6-8-11-14/h6-8,10-11,13,15H,3-5,9,12H2,1-2H3. The van der Waals surface area contributed by atoms with Crippen molar-refractivity contribution in [2.24, 2.45) is 0 Å². The molecule has 1 rings (SSSR count). The normalized spacial score (nSPS) is 12.1. The number of hydrogen-bond acceptors (Lipinski definition) is 2. The number of hydrogen-bond donors (Lipinski definition) is 0. The third-order valence-electron chi connectivity index (χ3n) is 2.98. The highest BCUT2D eigenvalue weighted by atomic mass is 16.1. The van der Waals surface area contributed by atoms with Crippen LogP contribution in [0.4, 0.5) is 5.69 Å². The van der Waals surface area contributed by atoms with Gasteiger partial charge in [-0.05, 0) is 25.0 Å². The number of unbranched alkanes of at least 4 members (excludes halogenated alkanes) is 1. The van der Waals surface area contributed by atoms with Crippen molar-refractivity contribution in [3.63, 3.8) is 0 Å². The van der Waals surface area contributed by atoms with Gasteiger partial charge in [-0.25, -0.2) is 0 Å². The van der Waals surface area contributed by atoms with Crippen molar-refractivity contribution in [2.75, 3.05) is 11.4 Å². The van der Waals surface area contributed by atoms with Crippen molar-refractivity contribution in [1.29, 1.82) is 0 Å². The summed E-state index contributed by atoms with van der Waals surface area (Å²) in [6.45, 7) is 5.27. The summed E-state index contributed by atoms with van der Waals surface area (Å²) in [6, 6.07) is 10.3. The summed E-state index contributed by atoms with van der Waals surface area (Å²) in [5.41, 5.74) is 1.16. The minimum absolute atomic E-state index is 0.0222. The Labute approximate surface area is 105 Å². The lowest BCUT2D eigenvalue weighted by molar-refractivity contribution is -0.109. The third-order valence-corrected chi connectivity index (χ3v) is 2.98. The molecule has 0 amide bonds. The van der Waals surface area contributed by atoms with E-state index in [4.69, 9.17) is 0 Å². The first-order chi connectivity index (χ1) is 8.33. The van der Waals surface area contributed by atoms with Gasteiger partial charge in [-0.3, -0.25) is 0 Å². The fourth-order valence-corrected chi connectivity index (χ4v) is 2.03. The van der Waals surface area contributed by atoms with Crippen LogP contribution in [-0.4, -0.2) is 18.9 Å². The molecule has 0 spiro atoms. The second kappa shape index (κ2) is 7.88. The van der Waals surface area contributed by atoms with Gasteiger partial charge in [0.15, 0.2) is 0 Å². The van der Waals surface area contributed by atoms with Crippen molar-refractivity contribution >= 4 is 12.0 Å². The molecule has 0 fully saturated rings. The molecule has 2 heteroatoms. The van der Waals surface area contributed by atoms with Crippen molar-refractivity contribution in [1.82, 2.24) is 0 Å². The zero-order valence-corrected chi connectivity index (χ0v) is 10.9. The molecule has 0 heterocycles. The monoisotopic (exact) mass is 233 g/mol. The minimum Gasteiger partial charge on any atom is -0.362 e. The van der Waals surface area contributed by atoms with Crippen LogP contribution in [0, 0.1) is 0 Å². The van der Waals surface area contributed by atoms with Crippen LogP contribution in [-0.2, 0) is 4.79 Å². The molecule has 94 valence electrons. The maximum Gasteiger partial charge on any atom is 0.142 e. The molecule has 1 aromatic rings. The average molecular weight is 233 g/mol. The molecule has 17 heavy (non-hydrogen) atoms. The second-order valence-corrected chi connectivity index (χ2v) is 4.37. The lowest BCUT2D eigenvalue weighted by atomic mass is 10.1. The number of carbonyl (C=O) groups is 1. The Balaban J connectivity index is 2.82. The fraction of sp³-hybridized carbons (Fsp3) is 0.533. The summed E-state index contributed by atoms with van der Waals surface area (Å²) in [5.74, 6) is 0. The number of nitrogens with zero attached hydrogens (tertiary/aromatic N) is 1. The molecule has 0 radical (unpaired) electrons. The highest BCUT2D eigenvalue weighted by molar-refractivity contribution is 5.66. The van der Waals surface area contributed by atoms with Crippen molar-refractivity contribution in [2.45, 2.75) is 45.6 Å². The van der Waals surface area contributed by atoms with Crippen LogP contribution in [0.25, 0.3) is 0 Å². The summed E-state index contributed by atoms with van der Waals surface area (Å²) >= 11 is 0. The molecule has 0 saturated carbocycles. The third kappa shape index (κ3) is 4.22. The van der Waals surface area contributed by atoms with E-state index in [-0.39, 0.29) is 6.04 Å². The molecule has 2 nitrogen and oxygen atoms in total. The van der Waals surface area contributed by atoms with Gasteiger partial charge in [-0.2, -0.15) is 0 Å². The Bertz CT molecular complexity index is 310. The van der Waals surface area contributed by atoms with Crippen LogP contribution < -0.4 is 4.90 Å². The Morgan fingerprint density at radius 1 is 1.18 bits per heavy atom. The summed E-state index contributed by atoms with van der Waals surface area (Å²) in [5, 5.41) is 0. The van der Waals surface area contributed by atoms with Gasteiger partial charge in [0.2, 0.25) is 0 Å². The molecular weight excluding hydrogens is 210 g/mol. The van der Waals surface area contributed by atoms with Crippen molar-refractivity contribution in [3.05, 3.63) is 30.3 Å². The minimum atomic E-state index is 0.0222. The SMILES string of the molecule is CCCCN(c1ccccc1)C(C=O)CCC. The van der Waals surface area contributed by atoms with Gasteiger partial charge >= 0.3 is 0 Å². The zero-order valence-electron chi connectivity index (χ0n) is 10.9. The van der Waals surface area contributed by atoms with Crippen LogP contribution in [0.1, 0.15) is 39.5 Å². The molecular formula is C15H23NO. The van der Waals surface area contributed by atoms with Gasteiger partial charge in [-0.15, -0.1) is 0 Å². The number of aldehydes is 1. The molecule has 0 aliphatic rings. The summed E-state index contributed by atoms with van der Waals surface area (Å²) in [6.07, 6.45) is 5.34. The Morgan fingerprint density at radius 3 is 2.41 bits per heavy atom. The average Bonchev–Trinajstić information content (AvgIpc) is 2.39. The Morgan fingerprint density at radius 2 is 1.88 bits per heavy atom. The van der Waals surface area contributed by atoms with E-state index < -0.39 is 0 Å². The van der Waals surface area contributed by atoms with Gasteiger partial charge in [0.05, 0.1) is 6.04 Å². The van der Waals surface area contributed by atoms with E-state index in [0.717, 1.165) is 44.2 Å². The summed E-state index contributed by atoms with van der Waals surface area (Å²) < 4.78 is 0. The summed E-state index contributed by atoms with van der Waals surface area (Å²) in [4.78, 5) is 13.5. The molecule has 0 N–H and O–H groups in total. The number of anilines is 1. The molecule has 1 aromatic carbocycles. The fourth-order valence-electron chi connectivity index (χ4n) is 2.03. The number of rotatable bonds is 8. The molecule has 0 aromatic heterocycles. The van der Waals surface area contributed by atoms with Gasteiger partial charge in [-0.1, -0.05) is 44.9 Å². The number of carbonyl (C=O) groups excluding carboxylic acids is 1. The predicted molar refractivity (Wildman–Crippen MR) is 73.5 cm³/mol. The van der Waals surface area contributed by atoms with Gasteiger partial charge in [0, 0.05) is 12.2 Å². The van der Waals surface area contributed by atoms with Crippen LogP contribution in [0.15, 0.2) is 30.3 Å². The topological polar surface area (TPSA) is 20.3 Å². The van der Waals surface area contributed by atoms with Crippen LogP contribution in [0.5, 0.6) is 0 Å². The quantitative estimate of drug-likeness (QED) is 0.639. The van der Waals surface area contributed by atoms with Gasteiger partial charge in [0.1, 0.15) is 6.29 Å². The molecule has 0 bridgehead atoms. The van der Waals surface area contributed by atoms with Gasteiger partial charge < -0.3 is 9.69 Å². The maximum absolute atomic E-state index is 11.2. The van der Waals surface area contributed by atoms with E-state index >= 15 is 0 Å². The van der Waals surface area contributed by atoms with E-state index in [9.17, 15) is 4.79 Å². The zero-order chi connectivity index (χ0) is 12.5. The molecule has 0 saturated heterocycles. The highest BCUT2D eigenvalue weighted by Crippen LogP contribution is 2.19. The molecule has 0 aliphatic heterocycles.